The van der Waals surface area contributed by atoms with Gasteiger partial charge in [0.05, 0.1) is 0 Å². The second-order valence-corrected chi connectivity index (χ2v) is 10.7. The molecule has 2 unspecified atom stereocenters. The van der Waals surface area contributed by atoms with Gasteiger partial charge in [-0.3, -0.25) is 0 Å². The zero-order chi connectivity index (χ0) is 26.1. The summed E-state index contributed by atoms with van der Waals surface area (Å²) in [6.45, 7) is 37.2. The van der Waals surface area contributed by atoms with Gasteiger partial charge >= 0.3 is 0 Å². The SMILES string of the molecule is C=C(C)/C=C(\CC)CC1=CC(C)C(C)C(C(C)(C)C)=C1.CC.CC.CCCC(C)(C)CC. The van der Waals surface area contributed by atoms with Crippen LogP contribution in [0.1, 0.15) is 136 Å². The first-order valence-electron chi connectivity index (χ1n) is 13.5. The third-order valence-corrected chi connectivity index (χ3v) is 6.18. The molecule has 0 radical (unpaired) electrons. The van der Waals surface area contributed by atoms with Crippen LogP contribution in [0.2, 0.25) is 0 Å². The maximum atomic E-state index is 4.01. The number of hydrogen-bond donors (Lipinski definition) is 0. The smallest absolute Gasteiger partial charge is 0.00671 e. The molecule has 190 valence electrons. The predicted molar refractivity (Wildman–Crippen MR) is 153 cm³/mol. The van der Waals surface area contributed by atoms with E-state index < -0.39 is 0 Å². The Kier molecular flexibility index (Phi) is 20.4. The van der Waals surface area contributed by atoms with Crippen LogP contribution in [0.3, 0.4) is 0 Å². The molecule has 0 bridgehead atoms. The van der Waals surface area contributed by atoms with Crippen LogP contribution in [0, 0.1) is 22.7 Å². The van der Waals surface area contributed by atoms with Gasteiger partial charge in [0.15, 0.2) is 0 Å². The molecule has 0 heterocycles. The number of allylic oxidation sites excluding steroid dienone is 7. The van der Waals surface area contributed by atoms with Gasteiger partial charge < -0.3 is 0 Å². The lowest BCUT2D eigenvalue weighted by Gasteiger charge is -2.35. The summed E-state index contributed by atoms with van der Waals surface area (Å²) in [4.78, 5) is 0. The highest BCUT2D eigenvalue weighted by Crippen LogP contribution is 2.40. The predicted octanol–water partition coefficient (Wildman–Crippen LogP) is 11.7. The first-order chi connectivity index (χ1) is 14.8. The first-order valence-corrected chi connectivity index (χ1v) is 13.5. The molecule has 0 heteroatoms. The van der Waals surface area contributed by atoms with Crippen LogP contribution >= 0.6 is 0 Å². The highest BCUT2D eigenvalue weighted by molar-refractivity contribution is 5.37. The summed E-state index contributed by atoms with van der Waals surface area (Å²) in [6.07, 6.45) is 13.3. The van der Waals surface area contributed by atoms with Gasteiger partial charge in [0, 0.05) is 0 Å². The van der Waals surface area contributed by atoms with Crippen LogP contribution in [0.25, 0.3) is 0 Å². The lowest BCUT2D eigenvalue weighted by atomic mass is 9.70. The Morgan fingerprint density at radius 1 is 0.969 bits per heavy atom. The van der Waals surface area contributed by atoms with E-state index in [1.165, 1.54) is 30.4 Å². The Bertz CT molecular complexity index is 572. The van der Waals surface area contributed by atoms with Gasteiger partial charge in [-0.25, -0.2) is 0 Å². The molecule has 0 aromatic heterocycles. The third kappa shape index (κ3) is 15.7. The molecule has 0 aromatic carbocycles. The highest BCUT2D eigenvalue weighted by Gasteiger charge is 2.28. The van der Waals surface area contributed by atoms with Crippen LogP contribution in [0.15, 0.2) is 47.1 Å². The van der Waals surface area contributed by atoms with E-state index in [4.69, 9.17) is 0 Å². The molecular weight excluding hydrogens is 384 g/mol. The lowest BCUT2D eigenvalue weighted by Crippen LogP contribution is -2.23. The Balaban J connectivity index is -0.000000587. The van der Waals surface area contributed by atoms with Crippen molar-refractivity contribution in [3.8, 4) is 0 Å². The van der Waals surface area contributed by atoms with E-state index in [0.717, 1.165) is 18.4 Å². The van der Waals surface area contributed by atoms with Crippen LogP contribution < -0.4 is 0 Å². The van der Waals surface area contributed by atoms with Crippen molar-refractivity contribution in [1.29, 1.82) is 0 Å². The summed E-state index contributed by atoms with van der Waals surface area (Å²) in [5.74, 6) is 1.28. The van der Waals surface area contributed by atoms with E-state index in [2.05, 4.69) is 101 Å². The zero-order valence-corrected chi connectivity index (χ0v) is 25.1. The molecule has 0 fully saturated rings. The minimum absolute atomic E-state index is 0.262. The van der Waals surface area contributed by atoms with Gasteiger partial charge in [0.25, 0.3) is 0 Å². The average Bonchev–Trinajstić information content (AvgIpc) is 2.72. The molecular formula is C32H62. The molecule has 1 aliphatic carbocycles. The minimum Gasteiger partial charge on any atom is -0.0961 e. The minimum atomic E-state index is 0.262. The molecule has 0 aromatic rings. The van der Waals surface area contributed by atoms with Crippen molar-refractivity contribution in [3.05, 3.63) is 47.1 Å². The van der Waals surface area contributed by atoms with Gasteiger partial charge in [-0.05, 0) is 54.4 Å². The van der Waals surface area contributed by atoms with E-state index in [0.29, 0.717) is 17.3 Å². The van der Waals surface area contributed by atoms with Crippen LogP contribution in [0.4, 0.5) is 0 Å². The summed E-state index contributed by atoms with van der Waals surface area (Å²) in [6, 6.07) is 0. The molecule has 0 nitrogen and oxygen atoms in total. The van der Waals surface area contributed by atoms with Crippen molar-refractivity contribution >= 4 is 0 Å². The van der Waals surface area contributed by atoms with Crippen molar-refractivity contribution in [3.63, 3.8) is 0 Å². The van der Waals surface area contributed by atoms with Crippen molar-refractivity contribution in [2.24, 2.45) is 22.7 Å². The summed E-state index contributed by atoms with van der Waals surface area (Å²) in [5, 5.41) is 0. The summed E-state index contributed by atoms with van der Waals surface area (Å²) in [5.41, 5.74) is 6.56. The summed E-state index contributed by atoms with van der Waals surface area (Å²) in [7, 11) is 0. The molecule has 0 saturated carbocycles. The van der Waals surface area contributed by atoms with Gasteiger partial charge in [0.1, 0.15) is 0 Å². The Labute approximate surface area is 205 Å². The topological polar surface area (TPSA) is 0 Å². The van der Waals surface area contributed by atoms with E-state index in [-0.39, 0.29) is 5.41 Å². The fourth-order valence-electron chi connectivity index (χ4n) is 3.90. The average molecular weight is 447 g/mol. The second-order valence-electron chi connectivity index (χ2n) is 10.7. The molecule has 0 aliphatic heterocycles. The van der Waals surface area contributed by atoms with Crippen LogP contribution in [0.5, 0.6) is 0 Å². The second kappa shape index (κ2) is 18.4. The Morgan fingerprint density at radius 3 is 1.78 bits per heavy atom. The largest absolute Gasteiger partial charge is 0.0961 e. The van der Waals surface area contributed by atoms with Gasteiger partial charge in [-0.2, -0.15) is 0 Å². The highest BCUT2D eigenvalue weighted by atomic mass is 14.3. The van der Waals surface area contributed by atoms with Crippen molar-refractivity contribution < 1.29 is 0 Å². The quantitative estimate of drug-likeness (QED) is 0.341. The van der Waals surface area contributed by atoms with Crippen molar-refractivity contribution in [2.45, 2.75) is 136 Å². The molecule has 0 N–H and O–H groups in total. The zero-order valence-electron chi connectivity index (χ0n) is 25.1. The molecule has 0 spiro atoms. The monoisotopic (exact) mass is 446 g/mol. The fraction of sp³-hybridized carbons (Fsp3) is 0.750. The van der Waals surface area contributed by atoms with Gasteiger partial charge in [0.2, 0.25) is 0 Å². The number of hydrogen-bond acceptors (Lipinski definition) is 0. The molecule has 32 heavy (non-hydrogen) atoms. The van der Waals surface area contributed by atoms with E-state index >= 15 is 0 Å². The lowest BCUT2D eigenvalue weighted by molar-refractivity contribution is 0.319. The fourth-order valence-corrected chi connectivity index (χ4v) is 3.90. The summed E-state index contributed by atoms with van der Waals surface area (Å²) < 4.78 is 0. The van der Waals surface area contributed by atoms with E-state index in [1.807, 2.05) is 27.7 Å². The third-order valence-electron chi connectivity index (χ3n) is 6.18. The van der Waals surface area contributed by atoms with E-state index in [9.17, 15) is 0 Å². The first kappa shape index (κ1) is 35.5. The van der Waals surface area contributed by atoms with Crippen LogP contribution in [-0.2, 0) is 0 Å². The standard InChI is InChI=1S/C20H32.C8H18.2C2H6/c1-9-17(10-14(2)3)12-18-11-15(4)16(5)19(13-18)20(6,7)8;1-5-7-8(3,4)6-2;2*1-2/h10-11,13,15-16H,2,9,12H2,1,3-8H3;5-7H2,1-4H3;2*1-2H3/b17-10+;;;. The normalized spacial score (nSPS) is 18.5. The maximum Gasteiger partial charge on any atom is -0.00671 e. The van der Waals surface area contributed by atoms with E-state index in [1.54, 1.807) is 5.57 Å². The van der Waals surface area contributed by atoms with Gasteiger partial charge in [-0.15, -0.1) is 0 Å². The Hall–Kier alpha value is -1.04. The van der Waals surface area contributed by atoms with Crippen LogP contribution in [-0.4, -0.2) is 0 Å². The molecule has 1 aliphatic rings. The molecule has 2 atom stereocenters. The van der Waals surface area contributed by atoms with Crippen molar-refractivity contribution in [1.82, 2.24) is 0 Å². The van der Waals surface area contributed by atoms with Crippen molar-refractivity contribution in [2.75, 3.05) is 0 Å². The molecule has 1 rings (SSSR count). The molecule has 0 saturated heterocycles. The van der Waals surface area contributed by atoms with Gasteiger partial charge in [-0.1, -0.05) is 151 Å². The maximum absolute atomic E-state index is 4.01. The summed E-state index contributed by atoms with van der Waals surface area (Å²) >= 11 is 0. The molecule has 0 amide bonds. The Morgan fingerprint density at radius 2 is 1.47 bits per heavy atom. The number of rotatable bonds is 7.